The number of hydrogen-bond acceptors (Lipinski definition) is 9. The molecule has 6 aromatic rings. The molecular weight excluding hydrogens is 771 g/mol. The topological polar surface area (TPSA) is 145 Å². The molecule has 1 aliphatic heterocycles. The van der Waals surface area contributed by atoms with Crippen LogP contribution in [0.3, 0.4) is 0 Å². The fraction of sp³-hybridized carbons (Fsp3) is 0.267. The Bertz CT molecular complexity index is 2390. The third kappa shape index (κ3) is 9.92. The van der Waals surface area contributed by atoms with Gasteiger partial charge in [-0.05, 0) is 58.9 Å². The highest BCUT2D eigenvalue weighted by Crippen LogP contribution is 2.43. The Labute approximate surface area is 343 Å². The van der Waals surface area contributed by atoms with Crippen molar-refractivity contribution in [2.75, 3.05) is 5.75 Å². The van der Waals surface area contributed by atoms with Gasteiger partial charge in [0.2, 0.25) is 15.9 Å². The van der Waals surface area contributed by atoms with E-state index in [9.17, 15) is 18.3 Å². The Hall–Kier alpha value is -5.15. The number of ether oxygens (including phenoxy) is 2. The van der Waals surface area contributed by atoms with Crippen LogP contribution < -0.4 is 10.0 Å². The Morgan fingerprint density at radius 3 is 2.24 bits per heavy atom. The Morgan fingerprint density at radius 1 is 0.862 bits per heavy atom. The number of nitrogens with zero attached hydrogens (tertiary/aromatic N) is 3. The zero-order chi connectivity index (χ0) is 40.6. The molecule has 0 aliphatic carbocycles. The molecule has 0 unspecified atom stereocenters. The number of thioether (sulfide) groups is 1. The molecule has 2 heterocycles. The molecule has 11 nitrogen and oxygen atoms in total. The fourth-order valence-electron chi connectivity index (χ4n) is 6.96. The number of aryl methyl sites for hydroxylation is 2. The highest BCUT2D eigenvalue weighted by atomic mass is 32.2. The monoisotopic (exact) mass is 817 g/mol. The van der Waals surface area contributed by atoms with E-state index in [1.807, 2.05) is 122 Å². The molecule has 5 aromatic carbocycles. The predicted octanol–water partition coefficient (Wildman–Crippen LogP) is 7.07. The van der Waals surface area contributed by atoms with Crippen molar-refractivity contribution >= 4 is 27.7 Å². The van der Waals surface area contributed by atoms with E-state index in [1.54, 1.807) is 42.4 Å². The minimum Gasteiger partial charge on any atom is -0.392 e. The molecule has 3 N–H and O–H groups in total. The van der Waals surface area contributed by atoms with Crippen molar-refractivity contribution in [2.24, 2.45) is 13.0 Å². The van der Waals surface area contributed by atoms with Gasteiger partial charge in [0, 0.05) is 30.8 Å². The maximum Gasteiger partial charge on any atom is 0.241 e. The molecule has 1 aromatic heterocycles. The average Bonchev–Trinajstić information content (AvgIpc) is 3.67. The van der Waals surface area contributed by atoms with E-state index in [0.717, 1.165) is 49.7 Å². The van der Waals surface area contributed by atoms with Crippen molar-refractivity contribution < 1.29 is 27.8 Å². The van der Waals surface area contributed by atoms with Crippen LogP contribution in [-0.2, 0) is 50.9 Å². The van der Waals surface area contributed by atoms with Gasteiger partial charge in [-0.25, -0.2) is 8.42 Å². The normalized spacial score (nSPS) is 18.8. The van der Waals surface area contributed by atoms with E-state index in [1.165, 1.54) is 0 Å². The number of aliphatic hydroxyl groups is 1. The number of carbonyl (C=O) groups excluding carboxylic acids is 1. The number of hydrogen-bond donors (Lipinski definition) is 3. The van der Waals surface area contributed by atoms with Crippen LogP contribution in [0.1, 0.15) is 52.7 Å². The first-order valence-electron chi connectivity index (χ1n) is 19.1. The second-order valence-electron chi connectivity index (χ2n) is 14.5. The van der Waals surface area contributed by atoms with E-state index < -0.39 is 28.3 Å². The average molecular weight is 818 g/mol. The van der Waals surface area contributed by atoms with E-state index in [2.05, 4.69) is 27.2 Å². The summed E-state index contributed by atoms with van der Waals surface area (Å²) in [6.07, 6.45) is 0.794. The lowest BCUT2D eigenvalue weighted by Crippen LogP contribution is -2.47. The van der Waals surface area contributed by atoms with Gasteiger partial charge >= 0.3 is 0 Å². The first-order valence-corrected chi connectivity index (χ1v) is 21.6. The summed E-state index contributed by atoms with van der Waals surface area (Å²) >= 11 is 1.59. The van der Waals surface area contributed by atoms with Crippen LogP contribution in [0.2, 0.25) is 0 Å². The van der Waals surface area contributed by atoms with Crippen LogP contribution >= 0.6 is 11.8 Å². The smallest absolute Gasteiger partial charge is 0.241 e. The van der Waals surface area contributed by atoms with Gasteiger partial charge in [0.15, 0.2) is 11.4 Å². The summed E-state index contributed by atoms with van der Waals surface area (Å²) in [7, 11) is -2.07. The molecule has 5 atom stereocenters. The summed E-state index contributed by atoms with van der Waals surface area (Å²) in [4.78, 5) is 13.9. The Morgan fingerprint density at radius 2 is 1.55 bits per heavy atom. The minimum absolute atomic E-state index is 0.0171. The summed E-state index contributed by atoms with van der Waals surface area (Å²) in [5.74, 6) is 0.233. The summed E-state index contributed by atoms with van der Waals surface area (Å²) < 4.78 is 44.7. The van der Waals surface area contributed by atoms with Gasteiger partial charge in [-0.2, -0.15) is 4.72 Å². The van der Waals surface area contributed by atoms with Crippen LogP contribution in [0.15, 0.2) is 144 Å². The second-order valence-corrected chi connectivity index (χ2v) is 17.2. The van der Waals surface area contributed by atoms with Gasteiger partial charge < -0.3 is 24.5 Å². The Balaban J connectivity index is 1.08. The van der Waals surface area contributed by atoms with Crippen LogP contribution in [0, 0.1) is 12.8 Å². The lowest BCUT2D eigenvalue weighted by molar-refractivity contribution is -0.268. The molecule has 0 radical (unpaired) electrons. The zero-order valence-electron chi connectivity index (χ0n) is 32.6. The number of carbonyl (C=O) groups is 1. The number of amides is 1. The van der Waals surface area contributed by atoms with E-state index in [0.29, 0.717) is 5.75 Å². The zero-order valence-corrected chi connectivity index (χ0v) is 34.2. The minimum atomic E-state index is -3.98. The first-order chi connectivity index (χ1) is 28.1. The number of benzene rings is 5. The van der Waals surface area contributed by atoms with E-state index in [-0.39, 0.29) is 42.6 Å². The molecule has 300 valence electrons. The molecule has 0 bridgehead atoms. The lowest BCUT2D eigenvalue weighted by Gasteiger charge is -2.41. The van der Waals surface area contributed by atoms with Crippen molar-refractivity contribution in [1.82, 2.24) is 24.8 Å². The summed E-state index contributed by atoms with van der Waals surface area (Å²) in [5.41, 5.74) is 7.19. The molecule has 7 rings (SSSR count). The summed E-state index contributed by atoms with van der Waals surface area (Å²) in [6.45, 7) is 4.17. The highest BCUT2D eigenvalue weighted by molar-refractivity contribution is 7.99. The Kier molecular flexibility index (Phi) is 13.2. The number of nitrogens with one attached hydrogen (secondary N) is 2. The molecule has 1 fully saturated rings. The number of rotatable bonds is 15. The second kappa shape index (κ2) is 18.6. The number of sulfonamides is 1. The molecular formula is C45H47N5O6S2. The molecule has 0 spiro atoms. The maximum absolute atomic E-state index is 13.8. The molecule has 1 aliphatic rings. The van der Waals surface area contributed by atoms with Crippen molar-refractivity contribution in [3.63, 3.8) is 0 Å². The standard InChI is InChI=1S/C45H47N5O6S2/c1-30-13-23-38(24-14-30)58(53,54)49-40(25-32-9-5-4-6-10-32)43(52)46-26-37-11-7-8-12-39(37)34-19-21-36(22-20-34)44-55-41(28-57-45-48-47-29-50(45)3)31(2)42(56-44)35-17-15-33(27-51)16-18-35/h4-24,29,31,40-42,44,49,51H,25-28H2,1-3H3,(H,46,52)/t31-,40-,41+,42+,44+/m1/s1. The fourth-order valence-corrected chi connectivity index (χ4v) is 9.21. The molecule has 1 amide bonds. The summed E-state index contributed by atoms with van der Waals surface area (Å²) in [6, 6.07) is 38.5. The van der Waals surface area contributed by atoms with Gasteiger partial charge in [-0.15, -0.1) is 10.2 Å². The van der Waals surface area contributed by atoms with E-state index in [4.69, 9.17) is 9.47 Å². The molecule has 58 heavy (non-hydrogen) atoms. The van der Waals surface area contributed by atoms with Gasteiger partial charge in [0.1, 0.15) is 12.4 Å². The van der Waals surface area contributed by atoms with Crippen LogP contribution in [-0.4, -0.2) is 52.1 Å². The third-order valence-electron chi connectivity index (χ3n) is 10.4. The number of aromatic nitrogens is 3. The SMILES string of the molecule is Cc1ccc(S(=O)(=O)N[C@H](Cc2ccccc2)C(=O)NCc2ccccc2-c2ccc([C@H]3O[C@@H](CSc4nncn4C)[C@@H](C)[C@@H](c4ccc(CO)cc4)O3)cc2)cc1. The van der Waals surface area contributed by atoms with Crippen molar-refractivity contribution in [1.29, 1.82) is 0 Å². The van der Waals surface area contributed by atoms with E-state index >= 15 is 0 Å². The third-order valence-corrected chi connectivity index (χ3v) is 13.0. The van der Waals surface area contributed by atoms with Gasteiger partial charge in [-0.1, -0.05) is 140 Å². The van der Waals surface area contributed by atoms with Gasteiger partial charge in [0.25, 0.3) is 0 Å². The number of aliphatic hydroxyl groups excluding tert-OH is 1. The van der Waals surface area contributed by atoms with Crippen LogP contribution in [0.4, 0.5) is 0 Å². The largest absolute Gasteiger partial charge is 0.392 e. The predicted molar refractivity (Wildman–Crippen MR) is 224 cm³/mol. The van der Waals surface area contributed by atoms with Crippen LogP contribution in [0.5, 0.6) is 0 Å². The van der Waals surface area contributed by atoms with Crippen molar-refractivity contribution in [3.05, 3.63) is 167 Å². The lowest BCUT2D eigenvalue weighted by atomic mass is 9.91. The summed E-state index contributed by atoms with van der Waals surface area (Å²) in [5, 5.41) is 21.7. The molecule has 1 saturated heterocycles. The first kappa shape index (κ1) is 41.0. The van der Waals surface area contributed by atoms with Crippen LogP contribution in [0.25, 0.3) is 11.1 Å². The van der Waals surface area contributed by atoms with Crippen molar-refractivity contribution in [3.8, 4) is 11.1 Å². The maximum atomic E-state index is 13.8. The van der Waals surface area contributed by atoms with Crippen molar-refractivity contribution in [2.45, 2.75) is 68.0 Å². The highest BCUT2D eigenvalue weighted by Gasteiger charge is 2.38. The quantitative estimate of drug-likeness (QED) is 0.0928. The molecule has 0 saturated carbocycles. The van der Waals surface area contributed by atoms with Gasteiger partial charge in [0.05, 0.1) is 23.7 Å². The molecule has 13 heteroatoms. The van der Waals surface area contributed by atoms with Gasteiger partial charge in [-0.3, -0.25) is 4.79 Å².